The third-order valence-corrected chi connectivity index (χ3v) is 4.78. The number of benzene rings is 1. The second-order valence-electron chi connectivity index (χ2n) is 6.27. The van der Waals surface area contributed by atoms with Crippen LogP contribution < -0.4 is 10.6 Å². The van der Waals surface area contributed by atoms with Crippen molar-refractivity contribution in [2.45, 2.75) is 39.8 Å². The quantitative estimate of drug-likeness (QED) is 0.325. The number of aliphatic imine (C=N–C) groups is 1. The van der Waals surface area contributed by atoms with Gasteiger partial charge < -0.3 is 15.5 Å². The van der Waals surface area contributed by atoms with Gasteiger partial charge >= 0.3 is 0 Å². The molecular formula is C18H30BrIN4O. The maximum Gasteiger partial charge on any atom is 0.224 e. The molecule has 0 saturated heterocycles. The highest BCUT2D eigenvalue weighted by molar-refractivity contribution is 14.0. The third-order valence-electron chi connectivity index (χ3n) is 4.01. The summed E-state index contributed by atoms with van der Waals surface area (Å²) in [6.07, 6.45) is 0.428. The molecule has 0 aliphatic carbocycles. The van der Waals surface area contributed by atoms with Gasteiger partial charge in [0.25, 0.3) is 0 Å². The van der Waals surface area contributed by atoms with E-state index in [-0.39, 0.29) is 29.9 Å². The van der Waals surface area contributed by atoms with Crippen LogP contribution in [0.2, 0.25) is 0 Å². The molecule has 0 radical (unpaired) electrons. The van der Waals surface area contributed by atoms with Crippen molar-refractivity contribution >= 4 is 51.8 Å². The van der Waals surface area contributed by atoms with Gasteiger partial charge in [0.2, 0.25) is 5.91 Å². The minimum Gasteiger partial charge on any atom is -0.356 e. The van der Waals surface area contributed by atoms with Gasteiger partial charge in [0, 0.05) is 44.1 Å². The number of guanidine groups is 1. The van der Waals surface area contributed by atoms with Crippen LogP contribution in [-0.2, 0) is 11.3 Å². The van der Waals surface area contributed by atoms with Crippen molar-refractivity contribution < 1.29 is 4.79 Å². The molecule has 0 saturated carbocycles. The van der Waals surface area contributed by atoms with Gasteiger partial charge in [-0.05, 0) is 24.5 Å². The molecule has 1 atom stereocenters. The van der Waals surface area contributed by atoms with Crippen LogP contribution in [0.25, 0.3) is 0 Å². The first-order chi connectivity index (χ1) is 11.3. The predicted octanol–water partition coefficient (Wildman–Crippen LogP) is 3.63. The molecule has 0 aliphatic rings. The largest absolute Gasteiger partial charge is 0.356 e. The highest BCUT2D eigenvalue weighted by Gasteiger charge is 2.12. The van der Waals surface area contributed by atoms with Crippen LogP contribution >= 0.6 is 39.9 Å². The fourth-order valence-corrected chi connectivity index (χ4v) is 2.44. The minimum atomic E-state index is 0. The minimum absolute atomic E-state index is 0. The van der Waals surface area contributed by atoms with E-state index in [4.69, 9.17) is 0 Å². The molecule has 0 heterocycles. The average molecular weight is 525 g/mol. The molecule has 5 nitrogen and oxygen atoms in total. The number of hydrogen-bond acceptors (Lipinski definition) is 2. The molecule has 0 aromatic heterocycles. The van der Waals surface area contributed by atoms with Crippen molar-refractivity contribution in [2.75, 3.05) is 20.6 Å². The second kappa shape index (κ2) is 12.5. The van der Waals surface area contributed by atoms with Gasteiger partial charge in [-0.1, -0.05) is 48.0 Å². The van der Waals surface area contributed by atoms with Gasteiger partial charge in [0.15, 0.2) is 5.96 Å². The lowest BCUT2D eigenvalue weighted by molar-refractivity contribution is -0.130. The summed E-state index contributed by atoms with van der Waals surface area (Å²) in [5, 5.41) is 6.52. The fourth-order valence-electron chi connectivity index (χ4n) is 2.03. The first-order valence-corrected chi connectivity index (χ1v) is 9.09. The zero-order valence-electron chi connectivity index (χ0n) is 15.7. The summed E-state index contributed by atoms with van der Waals surface area (Å²) in [6, 6.07) is 8.28. The maximum absolute atomic E-state index is 12.3. The van der Waals surface area contributed by atoms with E-state index in [9.17, 15) is 4.79 Å². The summed E-state index contributed by atoms with van der Waals surface area (Å²) >= 11 is 3.52. The number of carbonyl (C=O) groups excluding carboxylic acids is 1. The summed E-state index contributed by atoms with van der Waals surface area (Å²) in [4.78, 5) is 18.2. The van der Waals surface area contributed by atoms with E-state index < -0.39 is 0 Å². The van der Waals surface area contributed by atoms with E-state index in [2.05, 4.69) is 52.3 Å². The smallest absolute Gasteiger partial charge is 0.224 e. The number of amides is 1. The van der Waals surface area contributed by atoms with E-state index in [0.717, 1.165) is 16.0 Å². The monoisotopic (exact) mass is 524 g/mol. The number of nitrogens with one attached hydrogen (secondary N) is 2. The van der Waals surface area contributed by atoms with Crippen LogP contribution in [0.3, 0.4) is 0 Å². The molecule has 2 N–H and O–H groups in total. The lowest BCUT2D eigenvalue weighted by Gasteiger charge is -2.21. The summed E-state index contributed by atoms with van der Waals surface area (Å²) in [5.74, 6) is 1.35. The number of rotatable bonds is 7. The van der Waals surface area contributed by atoms with Gasteiger partial charge in [-0.2, -0.15) is 0 Å². The van der Waals surface area contributed by atoms with Crippen molar-refractivity contribution in [2.24, 2.45) is 10.9 Å². The maximum atomic E-state index is 12.3. The van der Waals surface area contributed by atoms with E-state index in [0.29, 0.717) is 31.5 Å². The fraction of sp³-hybridized carbons (Fsp3) is 0.556. The van der Waals surface area contributed by atoms with Crippen LogP contribution in [0.5, 0.6) is 0 Å². The van der Waals surface area contributed by atoms with E-state index >= 15 is 0 Å². The van der Waals surface area contributed by atoms with Crippen molar-refractivity contribution in [1.29, 1.82) is 0 Å². The predicted molar refractivity (Wildman–Crippen MR) is 119 cm³/mol. The Morgan fingerprint density at radius 2 is 1.92 bits per heavy atom. The second-order valence-corrected chi connectivity index (χ2v) is 7.12. The summed E-state index contributed by atoms with van der Waals surface area (Å²) in [7, 11) is 3.57. The highest BCUT2D eigenvalue weighted by atomic mass is 127. The van der Waals surface area contributed by atoms with E-state index in [1.165, 1.54) is 0 Å². The van der Waals surface area contributed by atoms with Gasteiger partial charge in [-0.25, -0.2) is 0 Å². The normalized spacial score (nSPS) is 12.4. The van der Waals surface area contributed by atoms with Crippen LogP contribution in [0.1, 0.15) is 32.8 Å². The van der Waals surface area contributed by atoms with Gasteiger partial charge in [-0.3, -0.25) is 9.79 Å². The summed E-state index contributed by atoms with van der Waals surface area (Å²) in [5.41, 5.74) is 1.10. The zero-order valence-corrected chi connectivity index (χ0v) is 19.6. The molecule has 25 heavy (non-hydrogen) atoms. The van der Waals surface area contributed by atoms with E-state index in [1.54, 1.807) is 11.9 Å². The number of nitrogens with zero attached hydrogens (tertiary/aromatic N) is 2. The number of halogens is 2. The Hall–Kier alpha value is -0.830. The Balaban J connectivity index is 0.00000576. The molecule has 1 unspecified atom stereocenters. The van der Waals surface area contributed by atoms with Crippen LogP contribution in [0, 0.1) is 5.92 Å². The summed E-state index contributed by atoms with van der Waals surface area (Å²) in [6.45, 7) is 7.59. The lowest BCUT2D eigenvalue weighted by atomic mass is 10.1. The van der Waals surface area contributed by atoms with Gasteiger partial charge in [0.05, 0.1) is 0 Å². The third kappa shape index (κ3) is 8.89. The topological polar surface area (TPSA) is 56.7 Å². The standard InChI is InChI=1S/C18H29BrN4O.HI/c1-13(2)14(3)22-18(20-4)21-11-10-17(24)23(5)12-15-8-6-7-9-16(15)19;/h6-9,13-14H,10-12H2,1-5H3,(H2,20,21,22);1H. The number of carbonyl (C=O) groups is 1. The van der Waals surface area contributed by atoms with Crippen LogP contribution in [-0.4, -0.2) is 43.4 Å². The van der Waals surface area contributed by atoms with Gasteiger partial charge in [0.1, 0.15) is 0 Å². The molecule has 7 heteroatoms. The highest BCUT2D eigenvalue weighted by Crippen LogP contribution is 2.17. The molecule has 0 aliphatic heterocycles. The molecule has 0 spiro atoms. The SMILES string of the molecule is CN=C(NCCC(=O)N(C)Cc1ccccc1Br)NC(C)C(C)C.I. The lowest BCUT2D eigenvalue weighted by Crippen LogP contribution is -2.45. The van der Waals surface area contributed by atoms with E-state index in [1.807, 2.05) is 31.3 Å². The average Bonchev–Trinajstić information content (AvgIpc) is 2.55. The van der Waals surface area contributed by atoms with Crippen molar-refractivity contribution in [3.63, 3.8) is 0 Å². The molecule has 1 aromatic carbocycles. The molecule has 1 rings (SSSR count). The first-order valence-electron chi connectivity index (χ1n) is 8.29. The molecule has 1 aromatic rings. The Bertz CT molecular complexity index is 566. The Kier molecular flexibility index (Phi) is 12.1. The summed E-state index contributed by atoms with van der Waals surface area (Å²) < 4.78 is 1.02. The molecule has 142 valence electrons. The molecule has 1 amide bonds. The molecule has 0 fully saturated rings. The Morgan fingerprint density at radius 3 is 2.48 bits per heavy atom. The zero-order chi connectivity index (χ0) is 18.1. The van der Waals surface area contributed by atoms with Crippen molar-refractivity contribution in [1.82, 2.24) is 15.5 Å². The first kappa shape index (κ1) is 24.2. The van der Waals surface area contributed by atoms with Crippen molar-refractivity contribution in [3.05, 3.63) is 34.3 Å². The van der Waals surface area contributed by atoms with Gasteiger partial charge in [-0.15, -0.1) is 24.0 Å². The molecular weight excluding hydrogens is 495 g/mol. The van der Waals surface area contributed by atoms with Crippen LogP contribution in [0.15, 0.2) is 33.7 Å². The van der Waals surface area contributed by atoms with Crippen molar-refractivity contribution in [3.8, 4) is 0 Å². The van der Waals surface area contributed by atoms with Crippen LogP contribution in [0.4, 0.5) is 0 Å². The molecule has 0 bridgehead atoms. The Morgan fingerprint density at radius 1 is 1.28 bits per heavy atom. The number of hydrogen-bond donors (Lipinski definition) is 2. The Labute approximate surface area is 177 Å².